The van der Waals surface area contributed by atoms with Gasteiger partial charge in [0.05, 0.1) is 5.41 Å². The Morgan fingerprint density at radius 1 is 1.36 bits per heavy atom. The first-order chi connectivity index (χ1) is 6.60. The lowest BCUT2D eigenvalue weighted by atomic mass is 9.65. The lowest BCUT2D eigenvalue weighted by Gasteiger charge is -2.50. The van der Waals surface area contributed by atoms with Crippen LogP contribution >= 0.6 is 0 Å². The Morgan fingerprint density at radius 3 is 2.50 bits per heavy atom. The van der Waals surface area contributed by atoms with Gasteiger partial charge in [-0.15, -0.1) is 0 Å². The molecule has 0 spiro atoms. The average Bonchev–Trinajstić information content (AvgIpc) is 2.16. The maximum atomic E-state index is 11.8. The van der Waals surface area contributed by atoms with Crippen molar-refractivity contribution in [1.29, 1.82) is 0 Å². The van der Waals surface area contributed by atoms with Crippen LogP contribution in [0.5, 0.6) is 0 Å². The van der Waals surface area contributed by atoms with Gasteiger partial charge in [0.1, 0.15) is 5.60 Å². The zero-order valence-corrected chi connectivity index (χ0v) is 8.97. The van der Waals surface area contributed by atoms with Crippen molar-refractivity contribution in [3.8, 4) is 0 Å². The van der Waals surface area contributed by atoms with Crippen molar-refractivity contribution in [2.24, 2.45) is 5.41 Å². The van der Waals surface area contributed by atoms with Gasteiger partial charge < -0.3 is 9.47 Å². The van der Waals surface area contributed by atoms with Gasteiger partial charge in [-0.25, -0.2) is 0 Å². The summed E-state index contributed by atoms with van der Waals surface area (Å²) in [5.41, 5.74) is -0.375. The SMILES string of the molecule is COCCC12CCC(C)(CC1)OC2=O. The molecule has 3 rings (SSSR count). The molecule has 14 heavy (non-hydrogen) atoms. The van der Waals surface area contributed by atoms with Gasteiger partial charge in [0.15, 0.2) is 0 Å². The number of rotatable bonds is 3. The van der Waals surface area contributed by atoms with Gasteiger partial charge in [0, 0.05) is 13.7 Å². The molecule has 2 saturated heterocycles. The molecular formula is C11H18O3. The lowest BCUT2D eigenvalue weighted by Crippen LogP contribution is -2.53. The van der Waals surface area contributed by atoms with Crippen LogP contribution in [0.4, 0.5) is 0 Å². The van der Waals surface area contributed by atoms with Crippen molar-refractivity contribution in [1.82, 2.24) is 0 Å². The summed E-state index contributed by atoms with van der Waals surface area (Å²) >= 11 is 0. The minimum Gasteiger partial charge on any atom is -0.459 e. The molecule has 0 aromatic carbocycles. The summed E-state index contributed by atoms with van der Waals surface area (Å²) < 4.78 is 10.5. The molecule has 0 atom stereocenters. The Balaban J connectivity index is 2.09. The summed E-state index contributed by atoms with van der Waals surface area (Å²) in [5, 5.41) is 0. The Bertz CT molecular complexity index is 233. The molecule has 0 aromatic heterocycles. The van der Waals surface area contributed by atoms with E-state index in [1.165, 1.54) is 0 Å². The monoisotopic (exact) mass is 198 g/mol. The molecule has 2 aliphatic heterocycles. The molecule has 1 saturated carbocycles. The van der Waals surface area contributed by atoms with Crippen LogP contribution in [0.1, 0.15) is 39.0 Å². The molecule has 3 heteroatoms. The highest BCUT2D eigenvalue weighted by atomic mass is 16.6. The van der Waals surface area contributed by atoms with Crippen LogP contribution in [-0.2, 0) is 14.3 Å². The second kappa shape index (κ2) is 3.23. The lowest BCUT2D eigenvalue weighted by molar-refractivity contribution is -0.201. The molecule has 0 unspecified atom stereocenters. The van der Waals surface area contributed by atoms with Crippen LogP contribution in [0, 0.1) is 5.41 Å². The van der Waals surface area contributed by atoms with Crippen molar-refractivity contribution in [2.45, 2.75) is 44.6 Å². The van der Waals surface area contributed by atoms with Gasteiger partial charge in [-0.2, -0.15) is 0 Å². The molecule has 2 bridgehead atoms. The van der Waals surface area contributed by atoms with Crippen molar-refractivity contribution in [2.75, 3.05) is 13.7 Å². The van der Waals surface area contributed by atoms with E-state index in [1.807, 2.05) is 6.92 Å². The zero-order valence-electron chi connectivity index (χ0n) is 8.97. The maximum Gasteiger partial charge on any atom is 0.312 e. The summed E-state index contributed by atoms with van der Waals surface area (Å²) in [6.45, 7) is 2.70. The predicted octanol–water partition coefficient (Wildman–Crippen LogP) is 1.90. The molecule has 0 aromatic rings. The first kappa shape index (κ1) is 9.97. The topological polar surface area (TPSA) is 35.5 Å². The third-order valence-electron chi connectivity index (χ3n) is 3.82. The van der Waals surface area contributed by atoms with Gasteiger partial charge in [0.25, 0.3) is 0 Å². The van der Waals surface area contributed by atoms with Crippen LogP contribution in [0.3, 0.4) is 0 Å². The summed E-state index contributed by atoms with van der Waals surface area (Å²) in [7, 11) is 1.68. The molecule has 0 N–H and O–H groups in total. The minimum absolute atomic E-state index is 0.00884. The number of carbonyl (C=O) groups is 1. The average molecular weight is 198 g/mol. The van der Waals surface area contributed by atoms with Gasteiger partial charge in [0.2, 0.25) is 0 Å². The largest absolute Gasteiger partial charge is 0.459 e. The Morgan fingerprint density at radius 2 is 2.00 bits per heavy atom. The van der Waals surface area contributed by atoms with Crippen LogP contribution in [0.25, 0.3) is 0 Å². The van der Waals surface area contributed by atoms with E-state index in [0.717, 1.165) is 32.1 Å². The summed E-state index contributed by atoms with van der Waals surface area (Å²) in [5.74, 6) is 0.00884. The molecule has 2 heterocycles. The highest BCUT2D eigenvalue weighted by Crippen LogP contribution is 2.51. The first-order valence-corrected chi connectivity index (χ1v) is 5.33. The van der Waals surface area contributed by atoms with Crippen LogP contribution in [0.15, 0.2) is 0 Å². The van der Waals surface area contributed by atoms with Crippen molar-refractivity contribution in [3.05, 3.63) is 0 Å². The second-order valence-corrected chi connectivity index (χ2v) is 4.86. The zero-order chi connectivity index (χ0) is 10.2. The Labute approximate surface area is 84.8 Å². The summed E-state index contributed by atoms with van der Waals surface area (Å²) in [4.78, 5) is 11.8. The highest BCUT2D eigenvalue weighted by Gasteiger charge is 2.53. The van der Waals surface area contributed by atoms with E-state index < -0.39 is 0 Å². The quantitative estimate of drug-likeness (QED) is 0.650. The molecule has 3 aliphatic rings. The van der Waals surface area contributed by atoms with E-state index in [9.17, 15) is 4.79 Å². The summed E-state index contributed by atoms with van der Waals surface area (Å²) in [6, 6.07) is 0. The molecule has 1 aliphatic carbocycles. The number of ether oxygens (including phenoxy) is 2. The fraction of sp³-hybridized carbons (Fsp3) is 0.909. The Kier molecular flexibility index (Phi) is 2.30. The Hall–Kier alpha value is -0.570. The number of carbonyl (C=O) groups excluding carboxylic acids is 1. The standard InChI is InChI=1S/C11H18O3/c1-10-3-5-11(6-4-10,7-8-13-2)9(12)14-10/h3-8H2,1-2H3. The molecule has 0 amide bonds. The van der Waals surface area contributed by atoms with Gasteiger partial charge in [-0.05, 0) is 39.0 Å². The van der Waals surface area contributed by atoms with Crippen molar-refractivity contribution < 1.29 is 14.3 Å². The number of methoxy groups -OCH3 is 1. The van der Waals surface area contributed by atoms with Crippen LogP contribution in [-0.4, -0.2) is 25.3 Å². The normalized spacial score (nSPS) is 41.1. The van der Waals surface area contributed by atoms with E-state index in [0.29, 0.717) is 6.61 Å². The van der Waals surface area contributed by atoms with Crippen molar-refractivity contribution >= 4 is 5.97 Å². The van der Waals surface area contributed by atoms with Gasteiger partial charge >= 0.3 is 5.97 Å². The minimum atomic E-state index is -0.215. The number of hydrogen-bond acceptors (Lipinski definition) is 3. The van der Waals surface area contributed by atoms with E-state index >= 15 is 0 Å². The highest BCUT2D eigenvalue weighted by molar-refractivity contribution is 5.79. The van der Waals surface area contributed by atoms with E-state index in [-0.39, 0.29) is 17.0 Å². The number of esters is 1. The van der Waals surface area contributed by atoms with E-state index in [1.54, 1.807) is 7.11 Å². The third kappa shape index (κ3) is 1.44. The molecule has 80 valence electrons. The van der Waals surface area contributed by atoms with Crippen LogP contribution in [0.2, 0.25) is 0 Å². The first-order valence-electron chi connectivity index (χ1n) is 5.33. The van der Waals surface area contributed by atoms with Gasteiger partial charge in [-0.1, -0.05) is 0 Å². The smallest absolute Gasteiger partial charge is 0.312 e. The van der Waals surface area contributed by atoms with Gasteiger partial charge in [-0.3, -0.25) is 4.79 Å². The molecule has 0 radical (unpaired) electrons. The fourth-order valence-corrected chi connectivity index (χ4v) is 2.55. The van der Waals surface area contributed by atoms with E-state index in [4.69, 9.17) is 9.47 Å². The molecule has 3 fully saturated rings. The van der Waals surface area contributed by atoms with E-state index in [2.05, 4.69) is 0 Å². The van der Waals surface area contributed by atoms with Crippen molar-refractivity contribution in [3.63, 3.8) is 0 Å². The fourth-order valence-electron chi connectivity index (χ4n) is 2.55. The third-order valence-corrected chi connectivity index (χ3v) is 3.82. The number of fused-ring (bicyclic) bond motifs is 3. The molecule has 3 nitrogen and oxygen atoms in total. The second-order valence-electron chi connectivity index (χ2n) is 4.86. The number of hydrogen-bond donors (Lipinski definition) is 0. The predicted molar refractivity (Wildman–Crippen MR) is 51.9 cm³/mol. The summed E-state index contributed by atoms with van der Waals surface area (Å²) in [6.07, 6.45) is 4.81. The molecular weight excluding hydrogens is 180 g/mol. The van der Waals surface area contributed by atoms with Crippen LogP contribution < -0.4 is 0 Å². The maximum absolute atomic E-state index is 11.8.